The number of nitrogens with zero attached hydrogens (tertiary/aromatic N) is 1. The van der Waals surface area contributed by atoms with E-state index in [-0.39, 0.29) is 12.5 Å². The molecule has 1 heterocycles. The number of hydrogen-bond donors (Lipinski definition) is 2. The van der Waals surface area contributed by atoms with Crippen molar-refractivity contribution in [2.24, 2.45) is 0 Å². The van der Waals surface area contributed by atoms with Gasteiger partial charge in [-0.15, -0.1) is 0 Å². The molecule has 2 N–H and O–H groups in total. The lowest BCUT2D eigenvalue weighted by Crippen LogP contribution is -2.52. The second kappa shape index (κ2) is 5.59. The smallest absolute Gasteiger partial charge is 0.305 e. The Morgan fingerprint density at radius 1 is 1.61 bits per heavy atom. The van der Waals surface area contributed by atoms with Gasteiger partial charge in [0.15, 0.2) is 0 Å². The van der Waals surface area contributed by atoms with Gasteiger partial charge in [0, 0.05) is 30.3 Å². The average molecular weight is 269 g/mol. The molecular weight excluding hydrogens is 252 g/mol. The van der Waals surface area contributed by atoms with Crippen LogP contribution < -0.4 is 10.2 Å². The van der Waals surface area contributed by atoms with E-state index in [0.29, 0.717) is 11.6 Å². The molecule has 5 heteroatoms. The van der Waals surface area contributed by atoms with Crippen LogP contribution in [0.3, 0.4) is 0 Å². The van der Waals surface area contributed by atoms with Gasteiger partial charge in [0.25, 0.3) is 0 Å². The number of rotatable bonds is 3. The fourth-order valence-corrected chi connectivity index (χ4v) is 2.63. The number of aliphatic carboxylic acids is 1. The third-order valence-corrected chi connectivity index (χ3v) is 3.46. The molecule has 1 aromatic carbocycles. The maximum absolute atomic E-state index is 10.9. The van der Waals surface area contributed by atoms with Crippen molar-refractivity contribution in [1.29, 1.82) is 0 Å². The summed E-state index contributed by atoms with van der Waals surface area (Å²) in [6.07, 6.45) is 0.148. The molecular formula is C13H17ClN2O2. The average Bonchev–Trinajstić information content (AvgIpc) is 2.30. The zero-order valence-corrected chi connectivity index (χ0v) is 11.1. The summed E-state index contributed by atoms with van der Waals surface area (Å²) in [5.74, 6) is -0.764. The van der Waals surface area contributed by atoms with E-state index in [9.17, 15) is 4.79 Å². The molecule has 1 aliphatic rings. The molecule has 1 fully saturated rings. The van der Waals surface area contributed by atoms with E-state index in [1.54, 1.807) is 0 Å². The van der Waals surface area contributed by atoms with Crippen LogP contribution in [0.15, 0.2) is 18.2 Å². The number of carboxylic acids is 1. The van der Waals surface area contributed by atoms with Crippen molar-refractivity contribution in [3.63, 3.8) is 0 Å². The molecule has 1 saturated heterocycles. The summed E-state index contributed by atoms with van der Waals surface area (Å²) in [6.45, 7) is 4.40. The van der Waals surface area contributed by atoms with Gasteiger partial charge in [-0.1, -0.05) is 11.6 Å². The summed E-state index contributed by atoms with van der Waals surface area (Å²) in [4.78, 5) is 13.1. The summed E-state index contributed by atoms with van der Waals surface area (Å²) in [5, 5.41) is 12.9. The molecule has 4 nitrogen and oxygen atoms in total. The molecule has 1 aliphatic heterocycles. The molecule has 98 valence electrons. The topological polar surface area (TPSA) is 52.6 Å². The Bertz CT molecular complexity index is 451. The van der Waals surface area contributed by atoms with Gasteiger partial charge >= 0.3 is 5.97 Å². The second-order valence-electron chi connectivity index (χ2n) is 4.58. The lowest BCUT2D eigenvalue weighted by atomic mass is 10.1. The molecule has 2 rings (SSSR count). The summed E-state index contributed by atoms with van der Waals surface area (Å²) in [6, 6.07) is 5.73. The molecule has 1 aromatic rings. The van der Waals surface area contributed by atoms with Crippen molar-refractivity contribution in [3.05, 3.63) is 28.8 Å². The maximum Gasteiger partial charge on any atom is 0.305 e. The van der Waals surface area contributed by atoms with E-state index in [2.05, 4.69) is 10.2 Å². The van der Waals surface area contributed by atoms with Crippen molar-refractivity contribution < 1.29 is 9.90 Å². The maximum atomic E-state index is 10.9. The Hall–Kier alpha value is -1.26. The van der Waals surface area contributed by atoms with Gasteiger partial charge < -0.3 is 15.3 Å². The normalized spacial score (nSPS) is 19.9. The van der Waals surface area contributed by atoms with Crippen LogP contribution in [-0.2, 0) is 4.79 Å². The molecule has 1 unspecified atom stereocenters. The van der Waals surface area contributed by atoms with Gasteiger partial charge in [-0.05, 0) is 30.7 Å². The first-order valence-corrected chi connectivity index (χ1v) is 6.41. The van der Waals surface area contributed by atoms with Gasteiger partial charge in [0.05, 0.1) is 12.5 Å². The highest BCUT2D eigenvalue weighted by Gasteiger charge is 2.25. The van der Waals surface area contributed by atoms with Crippen LogP contribution in [-0.4, -0.2) is 36.8 Å². The molecule has 1 atom stereocenters. The Balaban J connectivity index is 2.24. The van der Waals surface area contributed by atoms with E-state index in [4.69, 9.17) is 16.7 Å². The first kappa shape index (κ1) is 13.2. The van der Waals surface area contributed by atoms with Gasteiger partial charge in [0.1, 0.15) is 0 Å². The molecule has 0 saturated carbocycles. The predicted octanol–water partition coefficient (Wildman–Crippen LogP) is 1.90. The zero-order valence-electron chi connectivity index (χ0n) is 10.3. The lowest BCUT2D eigenvalue weighted by Gasteiger charge is -2.38. The van der Waals surface area contributed by atoms with Crippen LogP contribution in [0.1, 0.15) is 12.0 Å². The van der Waals surface area contributed by atoms with Crippen molar-refractivity contribution in [1.82, 2.24) is 5.32 Å². The van der Waals surface area contributed by atoms with E-state index >= 15 is 0 Å². The first-order chi connectivity index (χ1) is 8.58. The molecule has 0 spiro atoms. The number of nitrogens with one attached hydrogen (secondary N) is 1. The Morgan fingerprint density at radius 3 is 3.06 bits per heavy atom. The summed E-state index contributed by atoms with van der Waals surface area (Å²) in [7, 11) is 0. The minimum atomic E-state index is -0.764. The molecule has 0 aromatic heterocycles. The van der Waals surface area contributed by atoms with Gasteiger partial charge in [-0.2, -0.15) is 0 Å². The summed E-state index contributed by atoms with van der Waals surface area (Å²) >= 11 is 5.95. The number of carboxylic acid groups (broad SMARTS) is 1. The van der Waals surface area contributed by atoms with Crippen molar-refractivity contribution in [3.8, 4) is 0 Å². The van der Waals surface area contributed by atoms with E-state index in [0.717, 1.165) is 24.3 Å². The molecule has 18 heavy (non-hydrogen) atoms. The zero-order chi connectivity index (χ0) is 13.1. The number of hydrogen-bond acceptors (Lipinski definition) is 3. The van der Waals surface area contributed by atoms with Crippen LogP contribution in [0.25, 0.3) is 0 Å². The highest BCUT2D eigenvalue weighted by molar-refractivity contribution is 6.30. The largest absolute Gasteiger partial charge is 0.481 e. The van der Waals surface area contributed by atoms with Crippen LogP contribution in [0.4, 0.5) is 5.69 Å². The fourth-order valence-electron chi connectivity index (χ4n) is 2.40. The molecule has 0 amide bonds. The Morgan fingerprint density at radius 2 is 2.39 bits per heavy atom. The van der Waals surface area contributed by atoms with Gasteiger partial charge in [-0.3, -0.25) is 4.79 Å². The molecule has 0 bridgehead atoms. The quantitative estimate of drug-likeness (QED) is 0.879. The van der Waals surface area contributed by atoms with Crippen molar-refractivity contribution >= 4 is 23.3 Å². The van der Waals surface area contributed by atoms with Gasteiger partial charge in [-0.25, -0.2) is 0 Å². The summed E-state index contributed by atoms with van der Waals surface area (Å²) in [5.41, 5.74) is 2.16. The highest BCUT2D eigenvalue weighted by atomic mass is 35.5. The Labute approximate surface area is 112 Å². The number of piperazine rings is 1. The molecule has 0 aliphatic carbocycles. The third kappa shape index (κ3) is 2.94. The van der Waals surface area contributed by atoms with Crippen LogP contribution in [0.5, 0.6) is 0 Å². The van der Waals surface area contributed by atoms with Crippen molar-refractivity contribution in [2.75, 3.05) is 24.5 Å². The van der Waals surface area contributed by atoms with Crippen molar-refractivity contribution in [2.45, 2.75) is 19.4 Å². The van der Waals surface area contributed by atoms with E-state index in [1.807, 2.05) is 25.1 Å². The SMILES string of the molecule is Cc1cc(Cl)ccc1N1CCNCC1CC(=O)O. The lowest BCUT2D eigenvalue weighted by molar-refractivity contribution is -0.137. The van der Waals surface area contributed by atoms with E-state index < -0.39 is 5.97 Å². The fraction of sp³-hybridized carbons (Fsp3) is 0.462. The van der Waals surface area contributed by atoms with E-state index in [1.165, 1.54) is 0 Å². The second-order valence-corrected chi connectivity index (χ2v) is 5.02. The summed E-state index contributed by atoms with van der Waals surface area (Å²) < 4.78 is 0. The number of carbonyl (C=O) groups is 1. The number of halogens is 1. The Kier molecular flexibility index (Phi) is 4.09. The number of aryl methyl sites for hydroxylation is 1. The predicted molar refractivity (Wildman–Crippen MR) is 72.4 cm³/mol. The van der Waals surface area contributed by atoms with Crippen LogP contribution >= 0.6 is 11.6 Å². The highest BCUT2D eigenvalue weighted by Crippen LogP contribution is 2.26. The third-order valence-electron chi connectivity index (χ3n) is 3.23. The van der Waals surface area contributed by atoms with Crippen LogP contribution in [0.2, 0.25) is 5.02 Å². The minimum Gasteiger partial charge on any atom is -0.481 e. The first-order valence-electron chi connectivity index (χ1n) is 6.03. The minimum absolute atomic E-state index is 0.00359. The number of anilines is 1. The van der Waals surface area contributed by atoms with Crippen LogP contribution in [0, 0.1) is 6.92 Å². The molecule has 0 radical (unpaired) electrons. The number of benzene rings is 1. The standard InChI is InChI=1S/C13H17ClN2O2/c1-9-6-10(14)2-3-12(9)16-5-4-15-8-11(16)7-13(17)18/h2-3,6,11,15H,4-5,7-8H2,1H3,(H,17,18). The van der Waals surface area contributed by atoms with Gasteiger partial charge in [0.2, 0.25) is 0 Å². The monoisotopic (exact) mass is 268 g/mol.